The van der Waals surface area contributed by atoms with Gasteiger partial charge in [-0.25, -0.2) is 0 Å². The van der Waals surface area contributed by atoms with Gasteiger partial charge in [0.05, 0.1) is 34.8 Å². The molecule has 6 aromatic rings. The number of terminal acetylenes is 2. The first kappa shape index (κ1) is 66.9. The van der Waals surface area contributed by atoms with Crippen LogP contribution in [0.4, 0.5) is 4.39 Å². The van der Waals surface area contributed by atoms with Crippen molar-refractivity contribution in [2.75, 3.05) is 85.6 Å². The molecule has 2 fully saturated rings. The third-order valence-corrected chi connectivity index (χ3v) is 13.7. The second-order valence-electron chi connectivity index (χ2n) is 18.7. The maximum atomic E-state index is 9.96. The van der Waals surface area contributed by atoms with Gasteiger partial charge < -0.3 is 40.4 Å². The number of aromatic nitrogens is 2. The minimum Gasteiger partial charge on any atom is -1.00 e. The second kappa shape index (κ2) is 40.8. The summed E-state index contributed by atoms with van der Waals surface area (Å²) in [7, 11) is 7.29. The molecule has 1 N–H and O–H groups in total. The number of benzene rings is 4. The number of carbonyl (C=O) groups excluding carboxylic acids is 1. The number of hydrogen-bond donors (Lipinski definition) is 1. The van der Waals surface area contributed by atoms with Crippen molar-refractivity contribution in [1.82, 2.24) is 29.2 Å². The van der Waals surface area contributed by atoms with Gasteiger partial charge in [-0.3, -0.25) is 19.0 Å². The van der Waals surface area contributed by atoms with Crippen molar-refractivity contribution in [2.45, 2.75) is 64.5 Å². The van der Waals surface area contributed by atoms with E-state index in [-0.39, 0.29) is 111 Å². The molecule has 0 saturated carbocycles. The number of likely N-dealkylation sites (tertiary alicyclic amines) is 1. The van der Waals surface area contributed by atoms with Gasteiger partial charge in [-0.2, -0.15) is 0 Å². The molecule has 0 spiro atoms. The molecular formula is C60H80BrFK2N6O5. The Morgan fingerprint density at radius 2 is 1.17 bits per heavy atom. The first-order valence-corrected chi connectivity index (χ1v) is 26.5. The molecule has 15 heteroatoms. The maximum absolute atomic E-state index is 9.96. The summed E-state index contributed by atoms with van der Waals surface area (Å²) in [5.41, 5.74) is 7.92. The maximum Gasteiger partial charge on any atom is 1.00 e. The van der Waals surface area contributed by atoms with Gasteiger partial charge >= 0.3 is 103 Å². The summed E-state index contributed by atoms with van der Waals surface area (Å²) in [5.74, 6) is 9.00. The van der Waals surface area contributed by atoms with Crippen LogP contribution in [0.3, 0.4) is 0 Å². The van der Waals surface area contributed by atoms with Crippen LogP contribution in [0.2, 0.25) is 0 Å². The monoisotopic (exact) mass is 1140 g/mol. The summed E-state index contributed by atoms with van der Waals surface area (Å²) in [6, 6.07) is 38.9. The van der Waals surface area contributed by atoms with Crippen molar-refractivity contribution < 1.29 is 134 Å². The molecule has 2 aliphatic heterocycles. The fourth-order valence-electron chi connectivity index (χ4n) is 9.35. The third-order valence-electron chi connectivity index (χ3n) is 13.2. The van der Waals surface area contributed by atoms with Crippen molar-refractivity contribution in [3.8, 4) is 36.2 Å². The Hall–Kier alpha value is -2.37. The average molecular weight is 1140 g/mol. The normalized spacial score (nSPS) is 13.6. The number of fused-ring (bicyclic) bond motifs is 2. The third kappa shape index (κ3) is 25.5. The number of rotatable bonds is 20. The van der Waals surface area contributed by atoms with Crippen LogP contribution in [0.25, 0.3) is 21.8 Å². The molecule has 2 aliphatic rings. The minimum absolute atomic E-state index is 0. The fourth-order valence-corrected chi connectivity index (χ4v) is 9.58. The van der Waals surface area contributed by atoms with Crippen LogP contribution >= 0.6 is 15.9 Å². The molecule has 75 heavy (non-hydrogen) atoms. The number of piperidine rings is 2. The van der Waals surface area contributed by atoms with E-state index in [0.717, 1.165) is 74.4 Å². The van der Waals surface area contributed by atoms with Gasteiger partial charge in [0.2, 0.25) is 0 Å². The van der Waals surface area contributed by atoms with E-state index in [1.54, 1.807) is 0 Å². The molecule has 0 aliphatic carbocycles. The van der Waals surface area contributed by atoms with Gasteiger partial charge in [0, 0.05) is 72.3 Å². The van der Waals surface area contributed by atoms with Crippen LogP contribution in [0, 0.1) is 36.5 Å². The Balaban J connectivity index is 0.000000577. The number of ether oxygens (including phenoxy) is 2. The number of halogens is 2. The Kier molecular flexibility index (Phi) is 36.4. The first-order chi connectivity index (χ1) is 36.0. The van der Waals surface area contributed by atoms with Crippen LogP contribution in [-0.4, -0.2) is 116 Å². The number of aryl methyl sites for hydroxylation is 2. The van der Waals surface area contributed by atoms with E-state index in [9.17, 15) is 4.39 Å². The zero-order valence-electron chi connectivity index (χ0n) is 47.7. The van der Waals surface area contributed by atoms with E-state index >= 15 is 0 Å². The smallest absolute Gasteiger partial charge is 1.00 e. The van der Waals surface area contributed by atoms with Gasteiger partial charge in [0.1, 0.15) is 11.5 Å². The Bertz CT molecular complexity index is 2570. The molecule has 0 atom stereocenters. The van der Waals surface area contributed by atoms with Gasteiger partial charge in [0.25, 0.3) is 6.47 Å². The molecule has 0 amide bonds. The number of alkyl halides is 2. The summed E-state index contributed by atoms with van der Waals surface area (Å²) in [4.78, 5) is 18.1. The first-order valence-electron chi connectivity index (χ1n) is 26.1. The van der Waals surface area contributed by atoms with E-state index < -0.39 is 7.15 Å². The van der Waals surface area contributed by atoms with Crippen LogP contribution in [0.15, 0.2) is 109 Å². The molecule has 0 bridgehead atoms. The SMILES string of the molecule is C#CCN(C)Cc1cc2cc(OCCCBr)ccc2n1C.C#CCN(C)Cc1cc2cc(OCCCN3CCC(Cc4ccccc4)CC3)ccc2n1C.O=CO[O-].[2H]CF.[H-].[K+].[K+].c1ccc(CC2CCNCC2)cc1. The van der Waals surface area contributed by atoms with Crippen molar-refractivity contribution in [3.05, 3.63) is 132 Å². The van der Waals surface area contributed by atoms with E-state index in [4.69, 9.17) is 33.7 Å². The van der Waals surface area contributed by atoms with Crippen LogP contribution in [0.1, 0.15) is 63.8 Å². The van der Waals surface area contributed by atoms with Gasteiger partial charge in [0.15, 0.2) is 0 Å². The molecule has 11 nitrogen and oxygen atoms in total. The van der Waals surface area contributed by atoms with E-state index in [1.165, 1.54) is 109 Å². The van der Waals surface area contributed by atoms with E-state index in [2.05, 4.69) is 186 Å². The average Bonchev–Trinajstić information content (AvgIpc) is 3.90. The molecule has 4 heterocycles. The molecule has 2 saturated heterocycles. The topological polar surface area (TPSA) is 99.4 Å². The summed E-state index contributed by atoms with van der Waals surface area (Å²) >= 11 is 3.41. The van der Waals surface area contributed by atoms with Crippen LogP contribution in [0.5, 0.6) is 11.5 Å². The van der Waals surface area contributed by atoms with E-state index in [0.29, 0.717) is 13.1 Å². The van der Waals surface area contributed by atoms with Crippen LogP contribution < -0.4 is 123 Å². The van der Waals surface area contributed by atoms with Gasteiger partial charge in [-0.05, 0) is 163 Å². The van der Waals surface area contributed by atoms with Crippen LogP contribution in [-0.2, 0) is 49.7 Å². The Morgan fingerprint density at radius 1 is 0.747 bits per heavy atom. The summed E-state index contributed by atoms with van der Waals surface area (Å²) in [5, 5.41) is 15.2. The molecule has 396 valence electrons. The largest absolute Gasteiger partial charge is 1.00 e. The number of nitrogens with one attached hydrogen (secondary N) is 1. The number of nitrogens with zero attached hydrogens (tertiary/aromatic N) is 5. The van der Waals surface area contributed by atoms with Crippen molar-refractivity contribution >= 4 is 44.2 Å². The zero-order valence-corrected chi connectivity index (χ0v) is 53.5. The number of carbonyl (C=O) groups is 1. The van der Waals surface area contributed by atoms with Crippen molar-refractivity contribution in [3.63, 3.8) is 0 Å². The fraction of sp³-hybridized carbons (Fsp3) is 0.450. The molecule has 0 radical (unpaired) electrons. The predicted octanol–water partition coefficient (Wildman–Crippen LogP) is 3.74. The van der Waals surface area contributed by atoms with E-state index in [1.807, 2.05) is 13.1 Å². The van der Waals surface area contributed by atoms with Gasteiger partial charge in [-0.1, -0.05) is 88.4 Å². The summed E-state index contributed by atoms with van der Waals surface area (Å²) in [6.07, 6.45) is 20.7. The van der Waals surface area contributed by atoms with Crippen molar-refractivity contribution in [1.29, 1.82) is 0 Å². The predicted molar refractivity (Wildman–Crippen MR) is 301 cm³/mol. The second-order valence-corrected chi connectivity index (χ2v) is 19.5. The quantitative estimate of drug-likeness (QED) is 0.0234. The summed E-state index contributed by atoms with van der Waals surface area (Å²) < 4.78 is 31.8. The Morgan fingerprint density at radius 3 is 1.59 bits per heavy atom. The summed E-state index contributed by atoms with van der Waals surface area (Å²) in [6.45, 7) is 10.3. The van der Waals surface area contributed by atoms with Gasteiger partial charge in [-0.15, -0.1) is 12.8 Å². The standard InChI is InChI=1S/C29H37N3O.C17H21BrN2O.C12H17N.CH3F.CH2O3.2K.H/c1-4-15-30(2)23-27-21-26-22-28(11-12-29(26)31(27)3)33-19-8-16-32-17-13-25(14-18-32)20-24-9-6-5-7-10-24;1-4-9-19(2)13-15-11-14-12-16(21-10-5-8-18)6-7-17(14)20(15)3;1-2-4-11(5-3-1)10-12-6-8-13-9-7-12;1-2;2-1-4-3;;;/h1,5-7,9-12,21-22,25H,8,13-20,23H2,2-3H3;1,6-7,11-12H,5,8-10,13H2,2-3H3;1-5,12-13H,6-10H2;1H3;1,3H;;;/q;;;;;2*+1;-1/p-1/i;;;1D;;;;. The molecule has 4 aromatic carbocycles. The molecule has 0 unspecified atom stereocenters. The minimum atomic E-state index is -1.00. The molecular weight excluding hydrogens is 1060 g/mol. The zero-order chi connectivity index (χ0) is 53.3. The molecule has 2 aromatic heterocycles. The Labute approximate surface area is 544 Å². The number of hydrogen-bond acceptors (Lipinski definition) is 9. The van der Waals surface area contributed by atoms with Crippen molar-refractivity contribution in [2.24, 2.45) is 25.9 Å². The molecule has 8 rings (SSSR count).